The van der Waals surface area contributed by atoms with E-state index in [0.29, 0.717) is 17.7 Å². The summed E-state index contributed by atoms with van der Waals surface area (Å²) in [7, 11) is 0. The van der Waals surface area contributed by atoms with Gasteiger partial charge in [0.15, 0.2) is 5.78 Å². The fourth-order valence-electron chi connectivity index (χ4n) is 2.66. The molecule has 2 aromatic rings. The number of halogens is 1. The fraction of sp³-hybridized carbons (Fsp3) is 0.222. The van der Waals surface area contributed by atoms with Gasteiger partial charge in [0, 0.05) is 21.8 Å². The fourth-order valence-corrected chi connectivity index (χ4v) is 2.92. The maximum Gasteiger partial charge on any atom is 0.242 e. The molecule has 6 heteroatoms. The zero-order valence-electron chi connectivity index (χ0n) is 13.2. The molecule has 5 nitrogen and oxygen atoms in total. The molecule has 2 unspecified atom stereocenters. The van der Waals surface area contributed by atoms with Crippen LogP contribution in [0.15, 0.2) is 53.0 Å². The molecule has 0 aromatic heterocycles. The minimum Gasteiger partial charge on any atom is -0.325 e. The molecule has 24 heavy (non-hydrogen) atoms. The van der Waals surface area contributed by atoms with Crippen molar-refractivity contribution in [1.82, 2.24) is 10.9 Å². The molecule has 0 radical (unpaired) electrons. The van der Waals surface area contributed by atoms with Crippen molar-refractivity contribution in [1.29, 1.82) is 0 Å². The molecule has 0 spiro atoms. The molecule has 1 aliphatic heterocycles. The van der Waals surface area contributed by atoms with E-state index in [-0.39, 0.29) is 23.8 Å². The Bertz CT molecular complexity index is 744. The largest absolute Gasteiger partial charge is 0.325 e. The van der Waals surface area contributed by atoms with E-state index in [9.17, 15) is 9.59 Å². The smallest absolute Gasteiger partial charge is 0.242 e. The van der Waals surface area contributed by atoms with Crippen LogP contribution < -0.4 is 16.2 Å². The maximum atomic E-state index is 12.4. The van der Waals surface area contributed by atoms with Crippen LogP contribution >= 0.6 is 15.9 Å². The first-order valence-electron chi connectivity index (χ1n) is 7.71. The Morgan fingerprint density at radius 1 is 1.04 bits per heavy atom. The lowest BCUT2D eigenvalue weighted by atomic mass is 10.0. The van der Waals surface area contributed by atoms with Crippen molar-refractivity contribution in [3.63, 3.8) is 0 Å². The van der Waals surface area contributed by atoms with Gasteiger partial charge in [0.2, 0.25) is 5.91 Å². The van der Waals surface area contributed by atoms with Gasteiger partial charge in [-0.05, 0) is 55.3 Å². The van der Waals surface area contributed by atoms with Gasteiger partial charge < -0.3 is 5.32 Å². The molecule has 1 aliphatic rings. The van der Waals surface area contributed by atoms with Crippen LogP contribution in [0.4, 0.5) is 5.69 Å². The van der Waals surface area contributed by atoms with Crippen LogP contribution in [0.3, 0.4) is 0 Å². The number of amides is 1. The van der Waals surface area contributed by atoms with E-state index < -0.39 is 0 Å². The molecule has 0 saturated carbocycles. The number of anilines is 1. The van der Waals surface area contributed by atoms with Crippen LogP contribution in [-0.4, -0.2) is 17.7 Å². The SMILES string of the molecule is CC(=O)c1ccc(NC(=O)C2CC(c3ccc(Br)cc3)NN2)cc1. The topological polar surface area (TPSA) is 70.2 Å². The number of rotatable bonds is 4. The van der Waals surface area contributed by atoms with Gasteiger partial charge in [-0.15, -0.1) is 0 Å². The number of Topliss-reactive ketones (excluding diaryl/α,β-unsaturated/α-hetero) is 1. The summed E-state index contributed by atoms with van der Waals surface area (Å²) in [5, 5.41) is 2.87. The standard InChI is InChI=1S/C18H18BrN3O2/c1-11(23)12-4-8-15(9-5-12)20-18(24)17-10-16(21-22-17)13-2-6-14(19)7-3-13/h2-9,16-17,21-22H,10H2,1H3,(H,20,24). The van der Waals surface area contributed by atoms with E-state index in [2.05, 4.69) is 32.1 Å². The highest BCUT2D eigenvalue weighted by Crippen LogP contribution is 2.24. The number of hydrazine groups is 1. The first kappa shape index (κ1) is 16.8. The van der Waals surface area contributed by atoms with E-state index in [0.717, 1.165) is 10.0 Å². The quantitative estimate of drug-likeness (QED) is 0.704. The summed E-state index contributed by atoms with van der Waals surface area (Å²) in [6, 6.07) is 14.7. The van der Waals surface area contributed by atoms with E-state index in [1.807, 2.05) is 24.3 Å². The summed E-state index contributed by atoms with van der Waals surface area (Å²) < 4.78 is 1.03. The summed E-state index contributed by atoms with van der Waals surface area (Å²) in [4.78, 5) is 23.6. The highest BCUT2D eigenvalue weighted by molar-refractivity contribution is 9.10. The van der Waals surface area contributed by atoms with Gasteiger partial charge >= 0.3 is 0 Å². The van der Waals surface area contributed by atoms with Gasteiger partial charge in [0.25, 0.3) is 0 Å². The van der Waals surface area contributed by atoms with Crippen LogP contribution in [0.25, 0.3) is 0 Å². The Morgan fingerprint density at radius 2 is 1.71 bits per heavy atom. The highest BCUT2D eigenvalue weighted by atomic mass is 79.9. The van der Waals surface area contributed by atoms with E-state index in [1.54, 1.807) is 24.3 Å². The van der Waals surface area contributed by atoms with Crippen LogP contribution in [-0.2, 0) is 4.79 Å². The number of benzene rings is 2. The number of hydrogen-bond donors (Lipinski definition) is 3. The lowest BCUT2D eigenvalue weighted by molar-refractivity contribution is -0.117. The number of ketones is 1. The van der Waals surface area contributed by atoms with Gasteiger partial charge in [0.1, 0.15) is 6.04 Å². The maximum absolute atomic E-state index is 12.4. The number of carbonyl (C=O) groups excluding carboxylic acids is 2. The Hall–Kier alpha value is -2.02. The predicted molar refractivity (Wildman–Crippen MR) is 96.6 cm³/mol. The molecule has 0 aliphatic carbocycles. The van der Waals surface area contributed by atoms with Crippen LogP contribution in [0.5, 0.6) is 0 Å². The van der Waals surface area contributed by atoms with Crippen LogP contribution in [0.1, 0.15) is 35.3 Å². The first-order valence-corrected chi connectivity index (χ1v) is 8.50. The van der Waals surface area contributed by atoms with Crippen LogP contribution in [0, 0.1) is 0 Å². The van der Waals surface area contributed by atoms with E-state index in [4.69, 9.17) is 0 Å². The Balaban J connectivity index is 1.60. The Kier molecular flexibility index (Phi) is 5.08. The molecule has 1 saturated heterocycles. The van der Waals surface area contributed by atoms with Crippen molar-refractivity contribution in [2.24, 2.45) is 0 Å². The summed E-state index contributed by atoms with van der Waals surface area (Å²) in [5.74, 6) is -0.0930. The third-order valence-corrected chi connectivity index (χ3v) is 4.58. The Labute approximate surface area is 148 Å². The minimum atomic E-state index is -0.314. The van der Waals surface area contributed by atoms with Crippen molar-refractivity contribution in [2.45, 2.75) is 25.4 Å². The van der Waals surface area contributed by atoms with Crippen molar-refractivity contribution >= 4 is 33.3 Å². The zero-order chi connectivity index (χ0) is 17.1. The summed E-state index contributed by atoms with van der Waals surface area (Å²) in [6.45, 7) is 1.52. The molecule has 0 bridgehead atoms. The van der Waals surface area contributed by atoms with E-state index >= 15 is 0 Å². The lowest BCUT2D eigenvalue weighted by Crippen LogP contribution is -2.39. The van der Waals surface area contributed by atoms with Crippen molar-refractivity contribution in [3.8, 4) is 0 Å². The van der Waals surface area contributed by atoms with Gasteiger partial charge in [-0.2, -0.15) is 0 Å². The molecular weight excluding hydrogens is 370 g/mol. The average Bonchev–Trinajstić information content (AvgIpc) is 3.06. The summed E-state index contributed by atoms with van der Waals surface area (Å²) in [6.07, 6.45) is 0.666. The van der Waals surface area contributed by atoms with Crippen molar-refractivity contribution in [2.75, 3.05) is 5.32 Å². The van der Waals surface area contributed by atoms with Crippen molar-refractivity contribution in [3.05, 3.63) is 64.1 Å². The second-order valence-corrected chi connectivity index (χ2v) is 6.72. The molecule has 1 heterocycles. The normalized spacial score (nSPS) is 19.9. The van der Waals surface area contributed by atoms with E-state index in [1.165, 1.54) is 6.92 Å². The lowest BCUT2D eigenvalue weighted by Gasteiger charge is -2.11. The number of hydrogen-bond acceptors (Lipinski definition) is 4. The van der Waals surface area contributed by atoms with Gasteiger partial charge in [-0.1, -0.05) is 28.1 Å². The molecular formula is C18H18BrN3O2. The van der Waals surface area contributed by atoms with Gasteiger partial charge in [-0.25, -0.2) is 10.9 Å². The van der Waals surface area contributed by atoms with Gasteiger partial charge in [-0.3, -0.25) is 9.59 Å². The van der Waals surface area contributed by atoms with Gasteiger partial charge in [0.05, 0.1) is 0 Å². The highest BCUT2D eigenvalue weighted by Gasteiger charge is 2.30. The van der Waals surface area contributed by atoms with Crippen LogP contribution in [0.2, 0.25) is 0 Å². The molecule has 2 aromatic carbocycles. The molecule has 1 amide bonds. The van der Waals surface area contributed by atoms with Crippen molar-refractivity contribution < 1.29 is 9.59 Å². The first-order chi connectivity index (χ1) is 11.5. The minimum absolute atomic E-state index is 0.00637. The average molecular weight is 388 g/mol. The molecule has 3 rings (SSSR count). The third kappa shape index (κ3) is 3.90. The number of carbonyl (C=O) groups is 2. The Morgan fingerprint density at radius 3 is 2.33 bits per heavy atom. The molecule has 1 fully saturated rings. The second kappa shape index (κ2) is 7.25. The molecule has 3 N–H and O–H groups in total. The monoisotopic (exact) mass is 387 g/mol. The summed E-state index contributed by atoms with van der Waals surface area (Å²) >= 11 is 3.42. The molecule has 2 atom stereocenters. The predicted octanol–water partition coefficient (Wildman–Crippen LogP) is 3.20. The summed E-state index contributed by atoms with van der Waals surface area (Å²) in [5.41, 5.74) is 8.64. The zero-order valence-corrected chi connectivity index (χ0v) is 14.8. The number of nitrogens with one attached hydrogen (secondary N) is 3. The third-order valence-electron chi connectivity index (χ3n) is 4.05. The second-order valence-electron chi connectivity index (χ2n) is 5.80. The molecule has 124 valence electrons.